The zero-order chi connectivity index (χ0) is 13.5. The van der Waals surface area contributed by atoms with E-state index in [2.05, 4.69) is 37.4 Å². The molecule has 102 valence electrons. The Hall–Kier alpha value is -1.35. The van der Waals surface area contributed by atoms with Crippen LogP contribution in [0, 0.1) is 5.41 Å². The maximum Gasteiger partial charge on any atom is 0.234 e. The number of nitrogens with zero attached hydrogens (tertiary/aromatic N) is 1. The van der Waals surface area contributed by atoms with Gasteiger partial charge in [-0.25, -0.2) is 0 Å². The number of nitrogens with one attached hydrogen (secondary N) is 1. The quantitative estimate of drug-likeness (QED) is 0.838. The van der Waals surface area contributed by atoms with Crippen LogP contribution in [0.3, 0.4) is 0 Å². The van der Waals surface area contributed by atoms with Gasteiger partial charge in [0.15, 0.2) is 0 Å². The number of carbonyl (C=O) groups is 1. The lowest BCUT2D eigenvalue weighted by atomic mass is 9.85. The molecule has 0 aromatic heterocycles. The molecule has 2 heterocycles. The minimum absolute atomic E-state index is 0.237. The number of hydrogen-bond donors (Lipinski definition) is 1. The molecule has 3 rings (SSSR count). The van der Waals surface area contributed by atoms with Crippen LogP contribution in [-0.4, -0.2) is 25.0 Å². The summed E-state index contributed by atoms with van der Waals surface area (Å²) in [4.78, 5) is 15.0. The van der Waals surface area contributed by atoms with Gasteiger partial charge in [-0.15, -0.1) is 0 Å². The summed E-state index contributed by atoms with van der Waals surface area (Å²) >= 11 is 0. The molecule has 0 bridgehead atoms. The van der Waals surface area contributed by atoms with E-state index in [4.69, 9.17) is 0 Å². The molecule has 0 radical (unpaired) electrons. The lowest BCUT2D eigenvalue weighted by molar-refractivity contribution is -0.127. The van der Waals surface area contributed by atoms with Crippen molar-refractivity contribution in [3.05, 3.63) is 29.8 Å². The van der Waals surface area contributed by atoms with Crippen LogP contribution in [0.5, 0.6) is 0 Å². The maximum absolute atomic E-state index is 13.0. The van der Waals surface area contributed by atoms with Crippen molar-refractivity contribution >= 4 is 11.6 Å². The van der Waals surface area contributed by atoms with Crippen LogP contribution >= 0.6 is 0 Å². The van der Waals surface area contributed by atoms with Gasteiger partial charge in [-0.1, -0.05) is 18.2 Å². The molecular formula is C16H22N2O. The minimum atomic E-state index is -0.237. The summed E-state index contributed by atoms with van der Waals surface area (Å²) < 4.78 is 0. The fraction of sp³-hybridized carbons (Fsp3) is 0.562. The van der Waals surface area contributed by atoms with Gasteiger partial charge in [0.05, 0.1) is 5.41 Å². The first kappa shape index (κ1) is 12.7. The van der Waals surface area contributed by atoms with Crippen LogP contribution in [0.4, 0.5) is 5.69 Å². The number of benzene rings is 1. The maximum atomic E-state index is 13.0. The molecule has 0 saturated carbocycles. The van der Waals surface area contributed by atoms with Crippen LogP contribution in [0.1, 0.15) is 32.3 Å². The van der Waals surface area contributed by atoms with Gasteiger partial charge in [0.1, 0.15) is 0 Å². The fourth-order valence-corrected chi connectivity index (χ4v) is 3.29. The number of amides is 1. The van der Waals surface area contributed by atoms with Gasteiger partial charge in [0.25, 0.3) is 0 Å². The van der Waals surface area contributed by atoms with Crippen molar-refractivity contribution in [3.63, 3.8) is 0 Å². The van der Waals surface area contributed by atoms with Gasteiger partial charge >= 0.3 is 0 Å². The Balaban J connectivity index is 1.97. The van der Waals surface area contributed by atoms with Gasteiger partial charge in [-0.05, 0) is 51.3 Å². The highest BCUT2D eigenvalue weighted by molar-refractivity contribution is 5.99. The van der Waals surface area contributed by atoms with Gasteiger partial charge in [0, 0.05) is 18.3 Å². The van der Waals surface area contributed by atoms with Crippen molar-refractivity contribution in [2.24, 2.45) is 5.41 Å². The molecule has 0 aliphatic carbocycles. The van der Waals surface area contributed by atoms with Crippen LogP contribution in [0.15, 0.2) is 24.3 Å². The Kier molecular flexibility index (Phi) is 3.09. The van der Waals surface area contributed by atoms with Crippen LogP contribution in [0.25, 0.3) is 0 Å². The molecule has 3 heteroatoms. The number of anilines is 1. The molecule has 2 aliphatic rings. The van der Waals surface area contributed by atoms with Crippen molar-refractivity contribution in [2.75, 3.05) is 18.0 Å². The van der Waals surface area contributed by atoms with Crippen molar-refractivity contribution < 1.29 is 4.79 Å². The van der Waals surface area contributed by atoms with Gasteiger partial charge < -0.3 is 10.2 Å². The van der Waals surface area contributed by atoms with E-state index in [9.17, 15) is 4.79 Å². The number of fused-ring (bicyclic) bond motifs is 1. The lowest BCUT2D eigenvalue weighted by Crippen LogP contribution is -2.49. The number of carbonyl (C=O) groups excluding carboxylic acids is 1. The van der Waals surface area contributed by atoms with E-state index in [1.54, 1.807) is 0 Å². The average Bonchev–Trinajstić information content (AvgIpc) is 2.86. The second-order valence-electron chi connectivity index (χ2n) is 6.18. The summed E-state index contributed by atoms with van der Waals surface area (Å²) in [5.41, 5.74) is 2.20. The highest BCUT2D eigenvalue weighted by Gasteiger charge is 2.42. The van der Waals surface area contributed by atoms with E-state index < -0.39 is 0 Å². The van der Waals surface area contributed by atoms with Crippen LogP contribution in [-0.2, 0) is 11.2 Å². The van der Waals surface area contributed by atoms with E-state index in [-0.39, 0.29) is 11.3 Å². The van der Waals surface area contributed by atoms with Crippen molar-refractivity contribution in [1.29, 1.82) is 0 Å². The predicted molar refractivity (Wildman–Crippen MR) is 77.3 cm³/mol. The zero-order valence-corrected chi connectivity index (χ0v) is 11.8. The molecule has 1 aromatic rings. The normalized spacial score (nSPS) is 30.2. The lowest BCUT2D eigenvalue weighted by Gasteiger charge is -2.39. The first-order valence-electron chi connectivity index (χ1n) is 7.24. The number of aryl methyl sites for hydroxylation is 1. The third-order valence-electron chi connectivity index (χ3n) is 4.63. The predicted octanol–water partition coefficient (Wildman–Crippen LogP) is 2.35. The molecule has 3 nitrogen and oxygen atoms in total. The molecule has 1 saturated heterocycles. The van der Waals surface area contributed by atoms with E-state index in [0.717, 1.165) is 38.0 Å². The Morgan fingerprint density at radius 2 is 2.21 bits per heavy atom. The summed E-state index contributed by atoms with van der Waals surface area (Å²) in [6.45, 7) is 6.02. The van der Waals surface area contributed by atoms with E-state index in [0.29, 0.717) is 6.04 Å². The molecule has 19 heavy (non-hydrogen) atoms. The third-order valence-corrected chi connectivity index (χ3v) is 4.63. The minimum Gasteiger partial charge on any atom is -0.316 e. The molecule has 2 atom stereocenters. The Morgan fingerprint density at radius 3 is 2.95 bits per heavy atom. The molecular weight excluding hydrogens is 236 g/mol. The molecule has 2 unspecified atom stereocenters. The van der Waals surface area contributed by atoms with Gasteiger partial charge in [-0.2, -0.15) is 0 Å². The summed E-state index contributed by atoms with van der Waals surface area (Å²) in [6.07, 6.45) is 3.08. The van der Waals surface area contributed by atoms with Gasteiger partial charge in [-0.3, -0.25) is 4.79 Å². The third kappa shape index (κ3) is 2.06. The molecule has 1 aromatic carbocycles. The highest BCUT2D eigenvalue weighted by atomic mass is 16.2. The number of hydrogen-bond acceptors (Lipinski definition) is 2. The SMILES string of the molecule is CC1CCc2ccccc2N1C(=O)C1(C)CCNC1. The number of rotatable bonds is 1. The monoisotopic (exact) mass is 258 g/mol. The van der Waals surface area contributed by atoms with Crippen LogP contribution in [0.2, 0.25) is 0 Å². The molecule has 2 aliphatic heterocycles. The topological polar surface area (TPSA) is 32.3 Å². The smallest absolute Gasteiger partial charge is 0.234 e. The summed E-state index contributed by atoms with van der Waals surface area (Å²) in [5.74, 6) is 0.289. The van der Waals surface area contributed by atoms with E-state index >= 15 is 0 Å². The number of para-hydroxylation sites is 1. The Morgan fingerprint density at radius 1 is 1.42 bits per heavy atom. The summed E-state index contributed by atoms with van der Waals surface area (Å²) in [7, 11) is 0. The molecule has 0 spiro atoms. The van der Waals surface area contributed by atoms with E-state index in [1.807, 2.05) is 11.0 Å². The molecule has 1 amide bonds. The van der Waals surface area contributed by atoms with Crippen LogP contribution < -0.4 is 10.2 Å². The summed E-state index contributed by atoms with van der Waals surface area (Å²) in [5, 5.41) is 3.32. The molecule has 1 N–H and O–H groups in total. The van der Waals surface area contributed by atoms with Gasteiger partial charge in [0.2, 0.25) is 5.91 Å². The Labute approximate surface area is 115 Å². The van der Waals surface area contributed by atoms with E-state index in [1.165, 1.54) is 5.56 Å². The average molecular weight is 258 g/mol. The second-order valence-corrected chi connectivity index (χ2v) is 6.18. The van der Waals surface area contributed by atoms with Crippen molar-refractivity contribution in [3.8, 4) is 0 Å². The fourth-order valence-electron chi connectivity index (χ4n) is 3.29. The van der Waals surface area contributed by atoms with Crippen molar-refractivity contribution in [1.82, 2.24) is 5.32 Å². The summed E-state index contributed by atoms with van der Waals surface area (Å²) in [6, 6.07) is 8.65. The molecule has 1 fully saturated rings. The second kappa shape index (κ2) is 4.64. The van der Waals surface area contributed by atoms with Crippen molar-refractivity contribution in [2.45, 2.75) is 39.2 Å². The first-order valence-corrected chi connectivity index (χ1v) is 7.24. The Bertz CT molecular complexity index is 491. The zero-order valence-electron chi connectivity index (χ0n) is 11.8. The standard InChI is InChI=1S/C16H22N2O/c1-12-7-8-13-5-3-4-6-14(13)18(12)15(19)16(2)9-10-17-11-16/h3-6,12,17H,7-11H2,1-2H3. The first-order chi connectivity index (χ1) is 9.12. The largest absolute Gasteiger partial charge is 0.316 e. The highest BCUT2D eigenvalue weighted by Crippen LogP contribution is 2.36.